The van der Waals surface area contributed by atoms with Crippen LogP contribution in [0, 0.1) is 11.7 Å². The van der Waals surface area contributed by atoms with E-state index in [1.807, 2.05) is 13.1 Å². The molecule has 1 fully saturated rings. The van der Waals surface area contributed by atoms with Gasteiger partial charge in [0.25, 0.3) is 0 Å². The van der Waals surface area contributed by atoms with Crippen molar-refractivity contribution in [3.63, 3.8) is 0 Å². The van der Waals surface area contributed by atoms with Crippen LogP contribution in [0.15, 0.2) is 22.7 Å². The van der Waals surface area contributed by atoms with Gasteiger partial charge in [-0.15, -0.1) is 0 Å². The highest BCUT2D eigenvalue weighted by atomic mass is 79.9. The minimum atomic E-state index is -0.181. The molecule has 1 heterocycles. The summed E-state index contributed by atoms with van der Waals surface area (Å²) < 4.78 is 14.2. The molecule has 1 aliphatic heterocycles. The van der Waals surface area contributed by atoms with Gasteiger partial charge in [0.05, 0.1) is 0 Å². The average molecular weight is 329 g/mol. The summed E-state index contributed by atoms with van der Waals surface area (Å²) in [7, 11) is 2.00. The second-order valence-electron chi connectivity index (χ2n) is 5.20. The lowest BCUT2D eigenvalue weighted by Gasteiger charge is -2.41. The molecule has 0 spiro atoms. The van der Waals surface area contributed by atoms with Crippen LogP contribution < -0.4 is 5.32 Å². The van der Waals surface area contributed by atoms with E-state index >= 15 is 0 Å². The lowest BCUT2D eigenvalue weighted by Crippen LogP contribution is -2.42. The molecule has 1 N–H and O–H groups in total. The maximum Gasteiger partial charge on any atom is 0.124 e. The monoisotopic (exact) mass is 328 g/mol. The summed E-state index contributed by atoms with van der Waals surface area (Å²) in [5, 5.41) is 3.30. The van der Waals surface area contributed by atoms with Crippen molar-refractivity contribution >= 4 is 15.9 Å². The third-order valence-corrected chi connectivity index (χ3v) is 4.70. The number of nitrogens with zero attached hydrogens (tertiary/aromatic N) is 1. The predicted molar refractivity (Wildman–Crippen MR) is 80.7 cm³/mol. The highest BCUT2D eigenvalue weighted by Crippen LogP contribution is 2.38. The molecule has 0 aromatic heterocycles. The van der Waals surface area contributed by atoms with Crippen molar-refractivity contribution in [3.8, 4) is 0 Å². The normalized spacial score (nSPS) is 24.6. The summed E-state index contributed by atoms with van der Waals surface area (Å²) >= 11 is 3.53. The molecule has 1 saturated heterocycles. The standard InChI is InChI=1S/C15H22BrFN2/c1-3-19-8-4-5-11(10-18-2)15(19)13-7-6-12(17)9-14(13)16/h6-7,9,11,15,18H,3-5,8,10H2,1-2H3. The largest absolute Gasteiger partial charge is 0.319 e. The number of benzene rings is 1. The first-order valence-corrected chi connectivity index (χ1v) is 7.80. The summed E-state index contributed by atoms with van der Waals surface area (Å²) in [6.45, 7) is 5.37. The van der Waals surface area contributed by atoms with Crippen molar-refractivity contribution in [2.24, 2.45) is 5.92 Å². The molecule has 1 aliphatic rings. The Bertz CT molecular complexity index is 423. The van der Waals surface area contributed by atoms with Gasteiger partial charge in [-0.2, -0.15) is 0 Å². The molecule has 2 unspecified atom stereocenters. The quantitative estimate of drug-likeness (QED) is 0.908. The summed E-state index contributed by atoms with van der Waals surface area (Å²) in [5.41, 5.74) is 1.21. The zero-order chi connectivity index (χ0) is 13.8. The van der Waals surface area contributed by atoms with Gasteiger partial charge in [-0.05, 0) is 63.1 Å². The maximum absolute atomic E-state index is 13.3. The van der Waals surface area contributed by atoms with Crippen molar-refractivity contribution in [2.45, 2.75) is 25.8 Å². The van der Waals surface area contributed by atoms with Crippen molar-refractivity contribution in [3.05, 3.63) is 34.1 Å². The smallest absolute Gasteiger partial charge is 0.124 e. The maximum atomic E-state index is 13.3. The Kier molecular flexibility index (Phi) is 5.37. The number of likely N-dealkylation sites (tertiary alicyclic amines) is 1. The average Bonchev–Trinajstić information content (AvgIpc) is 2.39. The Balaban J connectivity index is 2.33. The molecule has 0 bridgehead atoms. The van der Waals surface area contributed by atoms with Crippen LogP contribution in [0.4, 0.5) is 4.39 Å². The second kappa shape index (κ2) is 6.82. The highest BCUT2D eigenvalue weighted by Gasteiger charge is 2.32. The molecule has 2 rings (SSSR count). The summed E-state index contributed by atoms with van der Waals surface area (Å²) in [5.74, 6) is 0.403. The minimum Gasteiger partial charge on any atom is -0.319 e. The van der Waals surface area contributed by atoms with E-state index in [9.17, 15) is 4.39 Å². The molecule has 0 aliphatic carbocycles. The van der Waals surface area contributed by atoms with Gasteiger partial charge in [-0.3, -0.25) is 4.90 Å². The van der Waals surface area contributed by atoms with Crippen LogP contribution in [0.5, 0.6) is 0 Å². The van der Waals surface area contributed by atoms with E-state index in [0.29, 0.717) is 12.0 Å². The molecule has 1 aromatic carbocycles. The van der Waals surface area contributed by atoms with Crippen molar-refractivity contribution in [2.75, 3.05) is 26.7 Å². The van der Waals surface area contributed by atoms with Gasteiger partial charge in [0, 0.05) is 10.5 Å². The molecule has 4 heteroatoms. The third kappa shape index (κ3) is 3.36. The van der Waals surface area contributed by atoms with E-state index in [2.05, 4.69) is 33.1 Å². The molecule has 106 valence electrons. The second-order valence-corrected chi connectivity index (χ2v) is 6.05. The van der Waals surface area contributed by atoms with Crippen LogP contribution in [0.2, 0.25) is 0 Å². The molecular formula is C15H22BrFN2. The zero-order valence-electron chi connectivity index (χ0n) is 11.6. The van der Waals surface area contributed by atoms with Gasteiger partial charge in [0.1, 0.15) is 5.82 Å². The van der Waals surface area contributed by atoms with E-state index < -0.39 is 0 Å². The van der Waals surface area contributed by atoms with Crippen LogP contribution in [0.3, 0.4) is 0 Å². The first-order valence-electron chi connectivity index (χ1n) is 7.01. The van der Waals surface area contributed by atoms with Gasteiger partial charge in [0.15, 0.2) is 0 Å². The number of piperidine rings is 1. The minimum absolute atomic E-state index is 0.181. The SMILES string of the molecule is CCN1CCCC(CNC)C1c1ccc(F)cc1Br. The van der Waals surface area contributed by atoms with Crippen molar-refractivity contribution in [1.29, 1.82) is 0 Å². The first kappa shape index (κ1) is 14.9. The van der Waals surface area contributed by atoms with E-state index in [0.717, 1.165) is 24.1 Å². The Morgan fingerprint density at radius 1 is 1.47 bits per heavy atom. The molecular weight excluding hydrogens is 307 g/mol. The van der Waals surface area contributed by atoms with Crippen molar-refractivity contribution in [1.82, 2.24) is 10.2 Å². The topological polar surface area (TPSA) is 15.3 Å². The fraction of sp³-hybridized carbons (Fsp3) is 0.600. The van der Waals surface area contributed by atoms with Gasteiger partial charge < -0.3 is 5.32 Å². The van der Waals surface area contributed by atoms with E-state index in [1.165, 1.54) is 18.4 Å². The molecule has 0 saturated carbocycles. The van der Waals surface area contributed by atoms with Gasteiger partial charge >= 0.3 is 0 Å². The number of nitrogens with one attached hydrogen (secondary N) is 1. The Hall–Kier alpha value is -0.450. The van der Waals surface area contributed by atoms with Crippen LogP contribution in [-0.2, 0) is 0 Å². The van der Waals surface area contributed by atoms with Gasteiger partial charge in [-0.25, -0.2) is 4.39 Å². The fourth-order valence-corrected chi connectivity index (χ4v) is 3.76. The summed E-state index contributed by atoms with van der Waals surface area (Å²) in [6.07, 6.45) is 2.47. The summed E-state index contributed by atoms with van der Waals surface area (Å²) in [6, 6.07) is 5.45. The predicted octanol–water partition coefficient (Wildman–Crippen LogP) is 3.58. The van der Waals surface area contributed by atoms with Crippen LogP contribution in [0.1, 0.15) is 31.4 Å². The van der Waals surface area contributed by atoms with Crippen LogP contribution in [0.25, 0.3) is 0 Å². The third-order valence-electron chi connectivity index (χ3n) is 4.01. The zero-order valence-corrected chi connectivity index (χ0v) is 13.2. The number of hydrogen-bond acceptors (Lipinski definition) is 2. The number of hydrogen-bond donors (Lipinski definition) is 1. The highest BCUT2D eigenvalue weighted by molar-refractivity contribution is 9.10. The van der Waals surface area contributed by atoms with Crippen LogP contribution >= 0.6 is 15.9 Å². The Morgan fingerprint density at radius 3 is 2.89 bits per heavy atom. The molecule has 0 amide bonds. The molecule has 2 nitrogen and oxygen atoms in total. The molecule has 19 heavy (non-hydrogen) atoms. The molecule has 0 radical (unpaired) electrons. The van der Waals surface area contributed by atoms with E-state index in [1.54, 1.807) is 12.1 Å². The van der Waals surface area contributed by atoms with Crippen molar-refractivity contribution < 1.29 is 4.39 Å². The molecule has 2 atom stereocenters. The van der Waals surface area contributed by atoms with Gasteiger partial charge in [0.2, 0.25) is 0 Å². The lowest BCUT2D eigenvalue weighted by atomic mass is 9.84. The van der Waals surface area contributed by atoms with E-state index in [-0.39, 0.29) is 5.82 Å². The lowest BCUT2D eigenvalue weighted by molar-refractivity contribution is 0.0976. The first-order chi connectivity index (χ1) is 9.17. The Morgan fingerprint density at radius 2 is 2.26 bits per heavy atom. The van der Waals surface area contributed by atoms with Crippen LogP contribution in [-0.4, -0.2) is 31.6 Å². The molecule has 1 aromatic rings. The Labute approximate surface area is 123 Å². The van der Waals surface area contributed by atoms with E-state index in [4.69, 9.17) is 0 Å². The number of halogens is 2. The van der Waals surface area contributed by atoms with Gasteiger partial charge in [-0.1, -0.05) is 28.9 Å². The number of rotatable bonds is 4. The fourth-order valence-electron chi connectivity index (χ4n) is 3.17. The summed E-state index contributed by atoms with van der Waals surface area (Å²) in [4.78, 5) is 2.50.